The van der Waals surface area contributed by atoms with Crippen LogP contribution in [0.15, 0.2) is 60.2 Å². The third-order valence-corrected chi connectivity index (χ3v) is 8.26. The highest BCUT2D eigenvalue weighted by molar-refractivity contribution is 6.00. The van der Waals surface area contributed by atoms with Crippen LogP contribution in [0.3, 0.4) is 0 Å². The van der Waals surface area contributed by atoms with Crippen LogP contribution in [0.25, 0.3) is 11.1 Å². The molecule has 12 heteroatoms. The number of likely N-dealkylation sites (tertiary alicyclic amines) is 1. The number of carbonyl (C=O) groups is 6. The topological polar surface area (TPSA) is 146 Å². The lowest BCUT2D eigenvalue weighted by atomic mass is 10.0. The molecule has 0 aliphatic carbocycles. The van der Waals surface area contributed by atoms with Crippen molar-refractivity contribution < 1.29 is 47.7 Å². The molecule has 1 fully saturated rings. The third kappa shape index (κ3) is 10.5. The van der Waals surface area contributed by atoms with Crippen molar-refractivity contribution in [3.8, 4) is 11.1 Å². The van der Waals surface area contributed by atoms with Gasteiger partial charge in [-0.25, -0.2) is 19.2 Å². The number of Topliss-reactive ketones (excluding diaryl/α,β-unsaturated/α-hetero) is 2. The van der Waals surface area contributed by atoms with Gasteiger partial charge in [0.15, 0.2) is 30.8 Å². The van der Waals surface area contributed by atoms with Crippen molar-refractivity contribution in [2.75, 3.05) is 26.3 Å². The SMILES string of the molecule is CC(C)C1=CC(C(=O)OCC(=O)c2ccc(-c3ccc(C(=O)COC(=O)C4CCCN4C(=O)OC(C)(C)C)cc3)cc2)N(C(=O)OC(C)(C)C)C1. The van der Waals surface area contributed by atoms with Gasteiger partial charge in [-0.05, 0) is 83.1 Å². The number of esters is 2. The van der Waals surface area contributed by atoms with Crippen molar-refractivity contribution in [1.29, 1.82) is 0 Å². The molecule has 0 aromatic heterocycles. The lowest BCUT2D eigenvalue weighted by Crippen LogP contribution is -2.44. The Morgan fingerprint density at radius 3 is 1.59 bits per heavy atom. The van der Waals surface area contributed by atoms with E-state index < -0.39 is 72.2 Å². The lowest BCUT2D eigenvalue weighted by Gasteiger charge is -2.28. The molecule has 1 saturated heterocycles. The van der Waals surface area contributed by atoms with Crippen LogP contribution < -0.4 is 0 Å². The zero-order chi connectivity index (χ0) is 37.7. The van der Waals surface area contributed by atoms with E-state index >= 15 is 0 Å². The zero-order valence-corrected chi connectivity index (χ0v) is 30.6. The first-order valence-corrected chi connectivity index (χ1v) is 17.1. The molecule has 51 heavy (non-hydrogen) atoms. The highest BCUT2D eigenvalue weighted by Gasteiger charge is 2.39. The Balaban J connectivity index is 1.29. The Bertz CT molecular complexity index is 1660. The smallest absolute Gasteiger partial charge is 0.411 e. The average molecular weight is 705 g/mol. The molecule has 0 spiro atoms. The summed E-state index contributed by atoms with van der Waals surface area (Å²) in [5.41, 5.74) is 1.70. The molecule has 2 aromatic carbocycles. The first-order chi connectivity index (χ1) is 23.8. The Morgan fingerprint density at radius 2 is 1.14 bits per heavy atom. The predicted molar refractivity (Wildman–Crippen MR) is 188 cm³/mol. The number of ketones is 2. The molecule has 4 rings (SSSR count). The number of hydrogen-bond acceptors (Lipinski definition) is 10. The molecule has 2 unspecified atom stereocenters. The monoisotopic (exact) mass is 704 g/mol. The van der Waals surface area contributed by atoms with Crippen LogP contribution in [0.2, 0.25) is 0 Å². The molecule has 274 valence electrons. The number of rotatable bonds is 10. The Hall–Kier alpha value is -5.00. The maximum Gasteiger partial charge on any atom is 0.411 e. The standard InChI is InChI=1S/C39H48N2O10/c1-24(2)29-20-31(41(21-29)37(47)51-39(6,7)8)35(45)49-23-33(43)28-17-13-26(14-18-28)25-11-15-27(16-12-25)32(42)22-48-34(44)30-10-9-19-40(30)36(46)50-38(3,4)5/h11-18,20,24,30-31H,9-10,19,21-23H2,1-8H3. The number of carbonyl (C=O) groups excluding carboxylic acids is 6. The van der Waals surface area contributed by atoms with Gasteiger partial charge in [-0.3, -0.25) is 19.4 Å². The van der Waals surface area contributed by atoms with Gasteiger partial charge in [0.2, 0.25) is 0 Å². The molecule has 0 bridgehead atoms. The van der Waals surface area contributed by atoms with Crippen molar-refractivity contribution in [2.24, 2.45) is 5.92 Å². The van der Waals surface area contributed by atoms with E-state index in [1.165, 1.54) is 9.80 Å². The van der Waals surface area contributed by atoms with Gasteiger partial charge in [0.05, 0.1) is 0 Å². The molecule has 2 aliphatic heterocycles. The van der Waals surface area contributed by atoms with Gasteiger partial charge in [0.25, 0.3) is 0 Å². The van der Waals surface area contributed by atoms with E-state index in [9.17, 15) is 28.8 Å². The number of nitrogens with zero attached hydrogens (tertiary/aromatic N) is 2. The Morgan fingerprint density at radius 1 is 0.686 bits per heavy atom. The predicted octanol–water partition coefficient (Wildman–Crippen LogP) is 6.41. The largest absolute Gasteiger partial charge is 0.456 e. The number of ether oxygens (including phenoxy) is 4. The average Bonchev–Trinajstić information content (AvgIpc) is 3.74. The minimum atomic E-state index is -0.990. The molecule has 12 nitrogen and oxygen atoms in total. The molecule has 2 aromatic rings. The van der Waals surface area contributed by atoms with Gasteiger partial charge in [0, 0.05) is 24.2 Å². The first kappa shape index (κ1) is 38.8. The summed E-state index contributed by atoms with van der Waals surface area (Å²) in [6, 6.07) is 11.7. The molecule has 2 aliphatic rings. The van der Waals surface area contributed by atoms with Crippen LogP contribution in [0, 0.1) is 5.92 Å². The number of hydrogen-bond donors (Lipinski definition) is 0. The third-order valence-electron chi connectivity index (χ3n) is 8.26. The summed E-state index contributed by atoms with van der Waals surface area (Å²) in [5, 5.41) is 0. The number of amides is 2. The normalized spacial score (nSPS) is 17.5. The fourth-order valence-corrected chi connectivity index (χ4v) is 5.58. The number of benzene rings is 2. The minimum absolute atomic E-state index is 0.107. The van der Waals surface area contributed by atoms with Gasteiger partial charge >= 0.3 is 24.1 Å². The molecular formula is C39H48N2O10. The van der Waals surface area contributed by atoms with E-state index in [1.807, 2.05) is 13.8 Å². The van der Waals surface area contributed by atoms with Crippen LogP contribution in [-0.4, -0.2) is 95.1 Å². The van der Waals surface area contributed by atoms with Gasteiger partial charge < -0.3 is 18.9 Å². The van der Waals surface area contributed by atoms with Crippen molar-refractivity contribution in [1.82, 2.24) is 9.80 Å². The van der Waals surface area contributed by atoms with Gasteiger partial charge in [-0.15, -0.1) is 0 Å². The van der Waals surface area contributed by atoms with Crippen molar-refractivity contribution in [2.45, 2.75) is 91.5 Å². The lowest BCUT2D eigenvalue weighted by molar-refractivity contribution is -0.147. The second-order valence-corrected chi connectivity index (χ2v) is 15.0. The Kier molecular flexibility index (Phi) is 12.1. The highest BCUT2D eigenvalue weighted by atomic mass is 16.6. The summed E-state index contributed by atoms with van der Waals surface area (Å²) in [7, 11) is 0. The molecular weight excluding hydrogens is 656 g/mol. The molecule has 2 heterocycles. The van der Waals surface area contributed by atoms with Crippen LogP contribution in [0.4, 0.5) is 9.59 Å². The maximum atomic E-state index is 13.0. The Labute approximate surface area is 299 Å². The zero-order valence-electron chi connectivity index (χ0n) is 30.6. The van der Waals surface area contributed by atoms with Crippen LogP contribution in [0.1, 0.15) is 88.9 Å². The maximum absolute atomic E-state index is 13.0. The summed E-state index contributed by atoms with van der Waals surface area (Å²) in [4.78, 5) is 79.4. The second-order valence-electron chi connectivity index (χ2n) is 15.0. The van der Waals surface area contributed by atoms with E-state index in [4.69, 9.17) is 18.9 Å². The van der Waals surface area contributed by atoms with E-state index in [0.717, 1.165) is 16.7 Å². The molecule has 2 amide bonds. The van der Waals surface area contributed by atoms with Gasteiger partial charge in [-0.1, -0.05) is 62.4 Å². The van der Waals surface area contributed by atoms with Crippen molar-refractivity contribution in [3.05, 3.63) is 71.3 Å². The first-order valence-electron chi connectivity index (χ1n) is 17.1. The van der Waals surface area contributed by atoms with Crippen LogP contribution >= 0.6 is 0 Å². The fraction of sp³-hybridized carbons (Fsp3) is 0.487. The summed E-state index contributed by atoms with van der Waals surface area (Å²) in [6.07, 6.45) is 1.54. The van der Waals surface area contributed by atoms with E-state index in [2.05, 4.69) is 0 Å². The van der Waals surface area contributed by atoms with Crippen LogP contribution in [-0.2, 0) is 28.5 Å². The molecule has 0 N–H and O–H groups in total. The van der Waals surface area contributed by atoms with Gasteiger partial charge in [0.1, 0.15) is 17.2 Å². The fourth-order valence-electron chi connectivity index (χ4n) is 5.58. The van der Waals surface area contributed by atoms with E-state index in [1.54, 1.807) is 96.1 Å². The second kappa shape index (κ2) is 15.9. The van der Waals surface area contributed by atoms with Gasteiger partial charge in [-0.2, -0.15) is 0 Å². The summed E-state index contributed by atoms with van der Waals surface area (Å²) < 4.78 is 21.5. The molecule has 0 saturated carbocycles. The van der Waals surface area contributed by atoms with Crippen LogP contribution in [0.5, 0.6) is 0 Å². The summed E-state index contributed by atoms with van der Waals surface area (Å²) in [6.45, 7) is 14.1. The summed E-state index contributed by atoms with van der Waals surface area (Å²) >= 11 is 0. The minimum Gasteiger partial charge on any atom is -0.456 e. The van der Waals surface area contributed by atoms with E-state index in [0.29, 0.717) is 30.5 Å². The quantitative estimate of drug-likeness (QED) is 0.118. The summed E-state index contributed by atoms with van der Waals surface area (Å²) in [5.74, 6) is -2.06. The molecule has 2 atom stereocenters. The van der Waals surface area contributed by atoms with E-state index in [-0.39, 0.29) is 12.5 Å². The molecule has 0 radical (unpaired) electrons. The highest BCUT2D eigenvalue weighted by Crippen LogP contribution is 2.27. The van der Waals surface area contributed by atoms with Crippen molar-refractivity contribution >= 4 is 35.7 Å². The van der Waals surface area contributed by atoms with Crippen molar-refractivity contribution in [3.63, 3.8) is 0 Å².